The monoisotopic (exact) mass is 232 g/mol. The topological polar surface area (TPSA) is 75.4 Å². The molecule has 5 heteroatoms. The van der Waals surface area contributed by atoms with Crippen molar-refractivity contribution in [3.05, 3.63) is 47.3 Å². The third-order valence-corrected chi connectivity index (χ3v) is 2.30. The van der Waals surface area contributed by atoms with Crippen LogP contribution < -0.4 is 5.32 Å². The van der Waals surface area contributed by atoms with Gasteiger partial charge in [-0.2, -0.15) is 0 Å². The number of aromatic nitrogens is 1. The number of carbonyl (C=O) groups is 1. The number of aryl methyl sites for hydroxylation is 1. The first kappa shape index (κ1) is 11.3. The zero-order valence-corrected chi connectivity index (χ0v) is 9.30. The predicted molar refractivity (Wildman–Crippen MR) is 61.6 cm³/mol. The number of benzene rings is 1. The fourth-order valence-corrected chi connectivity index (χ4v) is 1.44. The number of hydrogen-bond donors (Lipinski definition) is 2. The van der Waals surface area contributed by atoms with Crippen molar-refractivity contribution in [1.82, 2.24) is 5.16 Å². The lowest BCUT2D eigenvalue weighted by atomic mass is 10.2. The van der Waals surface area contributed by atoms with Crippen molar-refractivity contribution in [2.75, 3.05) is 5.32 Å². The van der Waals surface area contributed by atoms with Crippen LogP contribution in [0.3, 0.4) is 0 Å². The molecular formula is C12H12N2O3. The van der Waals surface area contributed by atoms with Gasteiger partial charge in [-0.05, 0) is 13.0 Å². The third kappa shape index (κ3) is 2.51. The Hall–Kier alpha value is -2.14. The molecule has 0 aliphatic carbocycles. The van der Waals surface area contributed by atoms with Crippen molar-refractivity contribution in [3.63, 3.8) is 0 Å². The molecule has 0 unspecified atom stereocenters. The van der Waals surface area contributed by atoms with Gasteiger partial charge in [0, 0.05) is 17.3 Å². The number of para-hydroxylation sites is 1. The highest BCUT2D eigenvalue weighted by Crippen LogP contribution is 2.15. The fraction of sp³-hybridized carbons (Fsp3) is 0.167. The molecule has 2 rings (SSSR count). The number of aliphatic hydroxyl groups excluding tert-OH is 1. The molecule has 88 valence electrons. The summed E-state index contributed by atoms with van der Waals surface area (Å²) >= 11 is 0. The number of nitrogens with one attached hydrogen (secondary N) is 1. The molecule has 0 atom stereocenters. The van der Waals surface area contributed by atoms with Crippen molar-refractivity contribution >= 4 is 11.6 Å². The first-order valence-electron chi connectivity index (χ1n) is 5.14. The number of carbonyl (C=O) groups excluding carboxylic acids is 1. The molecule has 1 aromatic carbocycles. The van der Waals surface area contributed by atoms with Gasteiger partial charge in [0.2, 0.25) is 0 Å². The quantitative estimate of drug-likeness (QED) is 0.845. The molecule has 0 saturated carbocycles. The minimum absolute atomic E-state index is 0.131. The van der Waals surface area contributed by atoms with Gasteiger partial charge in [-0.1, -0.05) is 23.4 Å². The molecule has 0 aliphatic rings. The molecule has 5 nitrogen and oxygen atoms in total. The summed E-state index contributed by atoms with van der Waals surface area (Å²) in [6, 6.07) is 8.58. The van der Waals surface area contributed by atoms with E-state index in [0.717, 1.165) is 0 Å². The summed E-state index contributed by atoms with van der Waals surface area (Å²) in [7, 11) is 0. The van der Waals surface area contributed by atoms with Crippen LogP contribution in [0.4, 0.5) is 5.69 Å². The molecule has 17 heavy (non-hydrogen) atoms. The molecule has 2 aromatic rings. The highest BCUT2D eigenvalue weighted by Gasteiger charge is 2.12. The lowest BCUT2D eigenvalue weighted by molar-refractivity contribution is 0.101. The molecule has 0 saturated heterocycles. The van der Waals surface area contributed by atoms with E-state index in [-0.39, 0.29) is 18.2 Å². The van der Waals surface area contributed by atoms with Crippen LogP contribution in [0.15, 0.2) is 34.9 Å². The Kier molecular flexibility index (Phi) is 3.20. The average molecular weight is 232 g/mol. The van der Waals surface area contributed by atoms with E-state index in [9.17, 15) is 4.79 Å². The van der Waals surface area contributed by atoms with Crippen LogP contribution in [-0.4, -0.2) is 16.2 Å². The predicted octanol–water partition coefficient (Wildman–Crippen LogP) is 1.73. The van der Waals surface area contributed by atoms with Crippen molar-refractivity contribution in [3.8, 4) is 0 Å². The van der Waals surface area contributed by atoms with Gasteiger partial charge in [-0.3, -0.25) is 4.79 Å². The van der Waals surface area contributed by atoms with Gasteiger partial charge in [-0.25, -0.2) is 0 Å². The van der Waals surface area contributed by atoms with E-state index in [1.165, 1.54) is 0 Å². The summed E-state index contributed by atoms with van der Waals surface area (Å²) in [4.78, 5) is 11.8. The summed E-state index contributed by atoms with van der Waals surface area (Å²) in [6.45, 7) is 1.58. The second-order valence-corrected chi connectivity index (χ2v) is 3.59. The first-order chi connectivity index (χ1) is 8.20. The molecule has 0 spiro atoms. The first-order valence-corrected chi connectivity index (χ1v) is 5.14. The SMILES string of the molecule is Cc1cc(C(=O)Nc2ccccc2CO)no1. The maximum absolute atomic E-state index is 11.8. The Bertz CT molecular complexity index is 534. The molecule has 0 fully saturated rings. The highest BCUT2D eigenvalue weighted by molar-refractivity contribution is 6.03. The number of aliphatic hydroxyl groups is 1. The second-order valence-electron chi connectivity index (χ2n) is 3.59. The summed E-state index contributed by atoms with van der Waals surface area (Å²) in [5, 5.41) is 15.4. The molecule has 1 amide bonds. The van der Waals surface area contributed by atoms with Crippen LogP contribution in [-0.2, 0) is 6.61 Å². The van der Waals surface area contributed by atoms with Crippen LogP contribution in [0.25, 0.3) is 0 Å². The van der Waals surface area contributed by atoms with Crippen LogP contribution in [0.1, 0.15) is 21.8 Å². The standard InChI is InChI=1S/C12H12N2O3/c1-8-6-11(14-17-8)12(16)13-10-5-3-2-4-9(10)7-15/h2-6,15H,7H2,1H3,(H,13,16). The summed E-state index contributed by atoms with van der Waals surface area (Å²) in [5.41, 5.74) is 1.44. The minimum atomic E-state index is -0.359. The van der Waals surface area contributed by atoms with E-state index >= 15 is 0 Å². The molecular weight excluding hydrogens is 220 g/mol. The molecule has 0 aliphatic heterocycles. The molecule has 1 aromatic heterocycles. The van der Waals surface area contributed by atoms with E-state index in [1.54, 1.807) is 37.3 Å². The molecule has 1 heterocycles. The number of rotatable bonds is 3. The molecule has 0 bridgehead atoms. The Morgan fingerprint density at radius 3 is 2.88 bits per heavy atom. The van der Waals surface area contributed by atoms with Crippen LogP contribution in [0, 0.1) is 6.92 Å². The van der Waals surface area contributed by atoms with Gasteiger partial charge < -0.3 is 14.9 Å². The second kappa shape index (κ2) is 4.80. The summed E-state index contributed by atoms with van der Waals surface area (Å²) < 4.78 is 4.82. The Morgan fingerprint density at radius 1 is 1.47 bits per heavy atom. The molecule has 0 radical (unpaired) electrons. The van der Waals surface area contributed by atoms with Gasteiger partial charge >= 0.3 is 0 Å². The zero-order valence-electron chi connectivity index (χ0n) is 9.30. The van der Waals surface area contributed by atoms with Gasteiger partial charge in [-0.15, -0.1) is 0 Å². The van der Waals surface area contributed by atoms with E-state index < -0.39 is 0 Å². The highest BCUT2D eigenvalue weighted by atomic mass is 16.5. The van der Waals surface area contributed by atoms with Gasteiger partial charge in [0.05, 0.1) is 6.61 Å². The normalized spacial score (nSPS) is 10.2. The minimum Gasteiger partial charge on any atom is -0.392 e. The van der Waals surface area contributed by atoms with Gasteiger partial charge in [0.25, 0.3) is 5.91 Å². The fourth-order valence-electron chi connectivity index (χ4n) is 1.44. The number of hydrogen-bond acceptors (Lipinski definition) is 4. The largest absolute Gasteiger partial charge is 0.392 e. The lowest BCUT2D eigenvalue weighted by Gasteiger charge is -2.07. The van der Waals surface area contributed by atoms with Crippen LogP contribution in [0.5, 0.6) is 0 Å². The lowest BCUT2D eigenvalue weighted by Crippen LogP contribution is -2.13. The van der Waals surface area contributed by atoms with Crippen molar-refractivity contribution < 1.29 is 14.4 Å². The van der Waals surface area contributed by atoms with Crippen LogP contribution in [0.2, 0.25) is 0 Å². The number of amides is 1. The van der Waals surface area contributed by atoms with Gasteiger partial charge in [0.1, 0.15) is 5.76 Å². The van der Waals surface area contributed by atoms with Crippen molar-refractivity contribution in [2.45, 2.75) is 13.5 Å². The van der Waals surface area contributed by atoms with E-state index in [1.807, 2.05) is 0 Å². The summed E-state index contributed by atoms with van der Waals surface area (Å²) in [6.07, 6.45) is 0. The maximum Gasteiger partial charge on any atom is 0.277 e. The van der Waals surface area contributed by atoms with Crippen molar-refractivity contribution in [1.29, 1.82) is 0 Å². The average Bonchev–Trinajstić information content (AvgIpc) is 2.77. The van der Waals surface area contributed by atoms with Gasteiger partial charge in [0.15, 0.2) is 5.69 Å². The Balaban J connectivity index is 2.18. The van der Waals surface area contributed by atoms with Crippen molar-refractivity contribution in [2.24, 2.45) is 0 Å². The molecule has 2 N–H and O–H groups in total. The van der Waals surface area contributed by atoms with Crippen LogP contribution >= 0.6 is 0 Å². The third-order valence-electron chi connectivity index (χ3n) is 2.30. The zero-order chi connectivity index (χ0) is 12.3. The Morgan fingerprint density at radius 2 is 2.24 bits per heavy atom. The van der Waals surface area contributed by atoms with E-state index in [0.29, 0.717) is 17.0 Å². The van der Waals surface area contributed by atoms with E-state index in [4.69, 9.17) is 9.63 Å². The Labute approximate surface area is 98.1 Å². The van der Waals surface area contributed by atoms with E-state index in [2.05, 4.69) is 10.5 Å². The number of nitrogens with zero attached hydrogens (tertiary/aromatic N) is 1. The maximum atomic E-state index is 11.8. The smallest absolute Gasteiger partial charge is 0.277 e. The number of anilines is 1. The summed E-state index contributed by atoms with van der Waals surface area (Å²) in [5.74, 6) is 0.216.